The summed E-state index contributed by atoms with van der Waals surface area (Å²) in [7, 11) is 0. The molecule has 3 heterocycles. The van der Waals surface area contributed by atoms with E-state index in [9.17, 15) is 9.59 Å². The molecule has 39 heavy (non-hydrogen) atoms. The molecule has 5 rings (SSSR count). The summed E-state index contributed by atoms with van der Waals surface area (Å²) in [6.07, 6.45) is 2.61. The molecule has 6 nitrogen and oxygen atoms in total. The zero-order valence-corrected chi connectivity index (χ0v) is 23.2. The number of rotatable bonds is 10. The van der Waals surface area contributed by atoms with Gasteiger partial charge in [0.15, 0.2) is 0 Å². The minimum atomic E-state index is -0.216. The second-order valence-electron chi connectivity index (χ2n) is 10.2. The van der Waals surface area contributed by atoms with Crippen LogP contribution >= 0.6 is 11.3 Å². The number of carbonyl (C=O) groups excluding carboxylic acids is 2. The third-order valence-corrected chi connectivity index (χ3v) is 8.17. The van der Waals surface area contributed by atoms with Gasteiger partial charge < -0.3 is 19.0 Å². The zero-order chi connectivity index (χ0) is 27.2. The highest BCUT2D eigenvalue weighted by Gasteiger charge is 2.33. The number of ether oxygens (including phenoxy) is 1. The molecular formula is C32H34N2O4S. The Kier molecular flexibility index (Phi) is 8.47. The second kappa shape index (κ2) is 12.3. The van der Waals surface area contributed by atoms with E-state index >= 15 is 0 Å². The van der Waals surface area contributed by atoms with E-state index in [2.05, 4.69) is 37.4 Å². The molecule has 0 saturated heterocycles. The summed E-state index contributed by atoms with van der Waals surface area (Å²) in [5, 5.41) is 2.08. The Balaban J connectivity index is 1.32. The van der Waals surface area contributed by atoms with Crippen LogP contribution in [0.5, 0.6) is 5.75 Å². The summed E-state index contributed by atoms with van der Waals surface area (Å²) in [6, 6.07) is 23.3. The molecule has 202 valence electrons. The molecule has 1 aliphatic heterocycles. The molecule has 2 aromatic carbocycles. The van der Waals surface area contributed by atoms with Crippen LogP contribution in [0.2, 0.25) is 0 Å². The molecule has 2 amide bonds. The SMILES string of the molecule is CC(C)c1ccc(OC[C@@H]2c3ccsc3CCN2C(=O)CN(Cc2ccco2)C(=O)Cc2ccccc2)cc1. The van der Waals surface area contributed by atoms with Gasteiger partial charge in [0, 0.05) is 11.4 Å². The average molecular weight is 543 g/mol. The number of nitrogens with zero attached hydrogens (tertiary/aromatic N) is 2. The van der Waals surface area contributed by atoms with E-state index in [1.807, 2.05) is 53.4 Å². The summed E-state index contributed by atoms with van der Waals surface area (Å²) in [5.74, 6) is 1.67. The number of fused-ring (bicyclic) bond motifs is 1. The van der Waals surface area contributed by atoms with Crippen LogP contribution in [-0.2, 0) is 29.0 Å². The number of carbonyl (C=O) groups is 2. The number of hydrogen-bond donors (Lipinski definition) is 0. The van der Waals surface area contributed by atoms with E-state index in [1.165, 1.54) is 10.4 Å². The fourth-order valence-electron chi connectivity index (χ4n) is 4.96. The Morgan fingerprint density at radius 1 is 1.05 bits per heavy atom. The molecule has 0 unspecified atom stereocenters. The number of benzene rings is 2. The van der Waals surface area contributed by atoms with E-state index in [0.717, 1.165) is 23.3 Å². The van der Waals surface area contributed by atoms with Crippen molar-refractivity contribution in [2.45, 2.75) is 45.2 Å². The van der Waals surface area contributed by atoms with Gasteiger partial charge in [-0.15, -0.1) is 11.3 Å². The molecule has 0 radical (unpaired) electrons. The van der Waals surface area contributed by atoms with Gasteiger partial charge in [-0.05, 0) is 64.7 Å². The number of thiophene rings is 1. The first-order valence-electron chi connectivity index (χ1n) is 13.4. The fraction of sp³-hybridized carbons (Fsp3) is 0.312. The first kappa shape index (κ1) is 26.8. The topological polar surface area (TPSA) is 63.0 Å². The van der Waals surface area contributed by atoms with Crippen molar-refractivity contribution in [1.29, 1.82) is 0 Å². The minimum absolute atomic E-state index is 0.0224. The fourth-order valence-corrected chi connectivity index (χ4v) is 5.89. The Hall–Kier alpha value is -3.84. The average Bonchev–Trinajstić information content (AvgIpc) is 3.64. The van der Waals surface area contributed by atoms with E-state index < -0.39 is 0 Å². The quantitative estimate of drug-likeness (QED) is 0.238. The molecule has 0 fully saturated rings. The molecular weight excluding hydrogens is 508 g/mol. The third kappa shape index (κ3) is 6.60. The lowest BCUT2D eigenvalue weighted by atomic mass is 10.00. The van der Waals surface area contributed by atoms with Crippen molar-refractivity contribution in [3.8, 4) is 5.75 Å². The van der Waals surface area contributed by atoms with Gasteiger partial charge in [0.2, 0.25) is 11.8 Å². The first-order valence-corrected chi connectivity index (χ1v) is 14.3. The minimum Gasteiger partial charge on any atom is -0.491 e. The van der Waals surface area contributed by atoms with Crippen molar-refractivity contribution < 1.29 is 18.7 Å². The highest BCUT2D eigenvalue weighted by molar-refractivity contribution is 7.10. The van der Waals surface area contributed by atoms with Gasteiger partial charge in [-0.3, -0.25) is 9.59 Å². The van der Waals surface area contributed by atoms with Crippen LogP contribution in [0.3, 0.4) is 0 Å². The third-order valence-electron chi connectivity index (χ3n) is 7.17. The van der Waals surface area contributed by atoms with Gasteiger partial charge in [-0.2, -0.15) is 0 Å². The first-order chi connectivity index (χ1) is 19.0. The van der Waals surface area contributed by atoms with Crippen molar-refractivity contribution in [3.63, 3.8) is 0 Å². The highest BCUT2D eigenvalue weighted by Crippen LogP contribution is 2.34. The lowest BCUT2D eigenvalue weighted by Gasteiger charge is -2.37. The standard InChI is InChI=1S/C32H34N2O4S/c1-23(2)25-10-12-26(13-11-25)38-22-29-28-15-18-39-30(28)14-16-34(29)32(36)21-33(20-27-9-6-17-37-27)31(35)19-24-7-4-3-5-8-24/h3-13,15,17-18,23,29H,14,16,19-22H2,1-2H3/t29-/m1/s1. The van der Waals surface area contributed by atoms with Crippen molar-refractivity contribution >= 4 is 23.2 Å². The van der Waals surface area contributed by atoms with Gasteiger partial charge in [-0.1, -0.05) is 56.3 Å². The van der Waals surface area contributed by atoms with Gasteiger partial charge in [0.05, 0.1) is 25.3 Å². The van der Waals surface area contributed by atoms with Crippen LogP contribution in [0.15, 0.2) is 88.9 Å². The largest absolute Gasteiger partial charge is 0.491 e. The Bertz CT molecular complexity index is 1360. The Morgan fingerprint density at radius 3 is 2.56 bits per heavy atom. The van der Waals surface area contributed by atoms with Crippen molar-refractivity contribution in [2.75, 3.05) is 19.7 Å². The maximum Gasteiger partial charge on any atom is 0.242 e. The normalized spacial score (nSPS) is 14.7. The van der Waals surface area contributed by atoms with Crippen LogP contribution in [0, 0.1) is 0 Å². The predicted octanol–water partition coefficient (Wildman–Crippen LogP) is 6.24. The van der Waals surface area contributed by atoms with E-state index in [0.29, 0.717) is 24.8 Å². The smallest absolute Gasteiger partial charge is 0.242 e. The van der Waals surface area contributed by atoms with Crippen molar-refractivity contribution in [3.05, 3.63) is 112 Å². The molecule has 1 aliphatic rings. The lowest BCUT2D eigenvalue weighted by molar-refractivity contribution is -0.143. The summed E-state index contributed by atoms with van der Waals surface area (Å²) >= 11 is 1.72. The molecule has 0 spiro atoms. The van der Waals surface area contributed by atoms with Gasteiger partial charge in [0.1, 0.15) is 24.7 Å². The maximum absolute atomic E-state index is 13.8. The van der Waals surface area contributed by atoms with Crippen LogP contribution in [0.25, 0.3) is 0 Å². The Labute approximate surface area is 233 Å². The van der Waals surface area contributed by atoms with Gasteiger partial charge >= 0.3 is 0 Å². The summed E-state index contributed by atoms with van der Waals surface area (Å²) in [5.41, 5.74) is 3.30. The second-order valence-corrected chi connectivity index (χ2v) is 11.2. The van der Waals surface area contributed by atoms with Crippen molar-refractivity contribution in [1.82, 2.24) is 9.80 Å². The van der Waals surface area contributed by atoms with Gasteiger partial charge in [0.25, 0.3) is 0 Å². The molecule has 0 bridgehead atoms. The van der Waals surface area contributed by atoms with Crippen molar-refractivity contribution in [2.24, 2.45) is 0 Å². The van der Waals surface area contributed by atoms with Crippen LogP contribution in [0.1, 0.15) is 53.1 Å². The maximum atomic E-state index is 13.8. The van der Waals surface area contributed by atoms with E-state index in [4.69, 9.17) is 9.15 Å². The number of hydrogen-bond acceptors (Lipinski definition) is 5. The molecule has 0 aliphatic carbocycles. The molecule has 4 aromatic rings. The molecule has 1 atom stereocenters. The highest BCUT2D eigenvalue weighted by atomic mass is 32.1. The number of furan rings is 1. The molecule has 0 saturated carbocycles. The molecule has 7 heteroatoms. The van der Waals surface area contributed by atoms with E-state index in [1.54, 1.807) is 28.6 Å². The van der Waals surface area contributed by atoms with E-state index in [-0.39, 0.29) is 37.4 Å². The number of amides is 2. The summed E-state index contributed by atoms with van der Waals surface area (Å²) < 4.78 is 11.7. The van der Waals surface area contributed by atoms with Crippen LogP contribution in [0.4, 0.5) is 0 Å². The zero-order valence-electron chi connectivity index (χ0n) is 22.4. The van der Waals surface area contributed by atoms with Crippen LogP contribution < -0.4 is 4.74 Å². The van der Waals surface area contributed by atoms with Crippen LogP contribution in [-0.4, -0.2) is 41.3 Å². The Morgan fingerprint density at radius 2 is 1.85 bits per heavy atom. The van der Waals surface area contributed by atoms with Gasteiger partial charge in [-0.25, -0.2) is 0 Å². The monoisotopic (exact) mass is 542 g/mol. The lowest BCUT2D eigenvalue weighted by Crippen LogP contribution is -2.47. The summed E-state index contributed by atoms with van der Waals surface area (Å²) in [6.45, 7) is 5.50. The molecule has 0 N–H and O–H groups in total. The summed E-state index contributed by atoms with van der Waals surface area (Å²) in [4.78, 5) is 32.0. The molecule has 2 aromatic heterocycles. The predicted molar refractivity (Wildman–Crippen MR) is 153 cm³/mol.